The Morgan fingerprint density at radius 2 is 2.12 bits per heavy atom. The highest BCUT2D eigenvalue weighted by Gasteiger charge is 2.42. The van der Waals surface area contributed by atoms with Crippen molar-refractivity contribution in [3.8, 4) is 11.5 Å². The molecular weight excluding hydrogens is 433 g/mol. The summed E-state index contributed by atoms with van der Waals surface area (Å²) in [7, 11) is 0. The fourth-order valence-electron chi connectivity index (χ4n) is 3.81. The molecule has 33 heavy (non-hydrogen) atoms. The zero-order chi connectivity index (χ0) is 26.4. The van der Waals surface area contributed by atoms with Gasteiger partial charge in [-0.1, -0.05) is 12.1 Å². The normalized spacial score (nSPS) is 18.6. The average Bonchev–Trinajstić information content (AvgIpc) is 2.78. The minimum absolute atomic E-state index is 0.0124. The lowest BCUT2D eigenvalue weighted by molar-refractivity contribution is -0.136. The van der Waals surface area contributed by atoms with Crippen molar-refractivity contribution < 1.29 is 32.7 Å². The van der Waals surface area contributed by atoms with Gasteiger partial charge in [0.1, 0.15) is 16.9 Å². The highest BCUT2D eigenvalue weighted by atomic mass is 19.1. The number of nitrogens with zero attached hydrogens (tertiary/aromatic N) is 2. The number of esters is 1. The summed E-state index contributed by atoms with van der Waals surface area (Å²) in [4.78, 5) is 43.0. The SMILES string of the molecule is [2H]C([2H])([2H])NC(=O)[C@@]1(C)Cn2c(=O)c(C(=O)OCC)c(O)c3ncc(Cc4ccc(F)cc4)c(c32)O1. The van der Waals surface area contributed by atoms with E-state index in [0.29, 0.717) is 11.1 Å². The van der Waals surface area contributed by atoms with E-state index in [1.165, 1.54) is 44.3 Å². The number of ether oxygens (including phenoxy) is 2. The van der Waals surface area contributed by atoms with Crippen molar-refractivity contribution in [1.29, 1.82) is 0 Å². The monoisotopic (exact) mass is 458 g/mol. The third-order valence-corrected chi connectivity index (χ3v) is 5.44. The minimum atomic E-state index is -2.83. The summed E-state index contributed by atoms with van der Waals surface area (Å²) < 4.78 is 47.5. The van der Waals surface area contributed by atoms with Gasteiger partial charge in [-0.15, -0.1) is 0 Å². The highest BCUT2D eigenvalue weighted by molar-refractivity contribution is 6.00. The Balaban J connectivity index is 1.96. The third kappa shape index (κ3) is 3.67. The van der Waals surface area contributed by atoms with Crippen LogP contribution in [0.5, 0.6) is 11.5 Å². The summed E-state index contributed by atoms with van der Waals surface area (Å²) >= 11 is 0. The van der Waals surface area contributed by atoms with Crippen LogP contribution in [0.3, 0.4) is 0 Å². The summed E-state index contributed by atoms with van der Waals surface area (Å²) in [6.07, 6.45) is 1.47. The van der Waals surface area contributed by atoms with E-state index < -0.39 is 53.7 Å². The van der Waals surface area contributed by atoms with Gasteiger partial charge in [0.15, 0.2) is 17.1 Å². The van der Waals surface area contributed by atoms with Crippen LogP contribution in [0.25, 0.3) is 11.0 Å². The number of benzene rings is 1. The zero-order valence-corrected chi connectivity index (χ0v) is 17.8. The van der Waals surface area contributed by atoms with Gasteiger partial charge < -0.3 is 19.9 Å². The molecule has 1 aliphatic rings. The molecule has 172 valence electrons. The van der Waals surface area contributed by atoms with Crippen LogP contribution in [-0.2, 0) is 22.5 Å². The first kappa shape index (κ1) is 18.6. The first-order valence-corrected chi connectivity index (χ1v) is 10.0. The molecule has 0 aliphatic carbocycles. The lowest BCUT2D eigenvalue weighted by Gasteiger charge is -2.36. The van der Waals surface area contributed by atoms with Gasteiger partial charge in [0.2, 0.25) is 5.60 Å². The fourth-order valence-corrected chi connectivity index (χ4v) is 3.81. The average molecular weight is 458 g/mol. The Morgan fingerprint density at radius 3 is 2.79 bits per heavy atom. The quantitative estimate of drug-likeness (QED) is 0.561. The van der Waals surface area contributed by atoms with Crippen molar-refractivity contribution in [3.63, 3.8) is 0 Å². The van der Waals surface area contributed by atoms with Crippen LogP contribution in [0.2, 0.25) is 0 Å². The highest BCUT2D eigenvalue weighted by Crippen LogP contribution is 2.40. The number of amides is 1. The number of hydrogen-bond acceptors (Lipinski definition) is 7. The number of aromatic hydroxyl groups is 1. The van der Waals surface area contributed by atoms with Gasteiger partial charge in [-0.3, -0.25) is 19.1 Å². The number of halogens is 1. The molecule has 1 aliphatic heterocycles. The lowest BCUT2D eigenvalue weighted by Crippen LogP contribution is -2.54. The molecule has 0 bridgehead atoms. The molecule has 9 nitrogen and oxygen atoms in total. The Kier molecular flexibility index (Phi) is 4.62. The molecular formula is C23H22FN3O6. The molecule has 1 amide bonds. The Bertz CT molecular complexity index is 1440. The van der Waals surface area contributed by atoms with Crippen LogP contribution < -0.4 is 15.6 Å². The zero-order valence-electron chi connectivity index (χ0n) is 20.8. The summed E-state index contributed by atoms with van der Waals surface area (Å²) in [5, 5.41) is 12.7. The van der Waals surface area contributed by atoms with Crippen molar-refractivity contribution in [1.82, 2.24) is 14.9 Å². The van der Waals surface area contributed by atoms with Gasteiger partial charge in [0.05, 0.1) is 13.2 Å². The Morgan fingerprint density at radius 1 is 1.39 bits per heavy atom. The van der Waals surface area contributed by atoms with E-state index in [1.54, 1.807) is 0 Å². The third-order valence-electron chi connectivity index (χ3n) is 5.44. The number of hydrogen-bond donors (Lipinski definition) is 2. The number of rotatable bonds is 5. The van der Waals surface area contributed by atoms with E-state index in [9.17, 15) is 23.9 Å². The second-order valence-electron chi connectivity index (χ2n) is 7.74. The van der Waals surface area contributed by atoms with Crippen LogP contribution in [0, 0.1) is 5.82 Å². The maximum atomic E-state index is 13.4. The topological polar surface area (TPSA) is 120 Å². The number of aromatic nitrogens is 2. The van der Waals surface area contributed by atoms with Gasteiger partial charge in [-0.05, 0) is 31.5 Å². The van der Waals surface area contributed by atoms with Crippen LogP contribution in [0.4, 0.5) is 4.39 Å². The molecule has 0 unspecified atom stereocenters. The first-order valence-electron chi connectivity index (χ1n) is 11.5. The number of nitrogens with one attached hydrogen (secondary N) is 1. The van der Waals surface area contributed by atoms with Crippen molar-refractivity contribution >= 4 is 22.9 Å². The second kappa shape index (κ2) is 8.19. The van der Waals surface area contributed by atoms with E-state index >= 15 is 0 Å². The van der Waals surface area contributed by atoms with Gasteiger partial charge in [0, 0.05) is 29.3 Å². The summed E-state index contributed by atoms with van der Waals surface area (Å²) in [5.41, 5.74) is -2.62. The molecule has 2 aromatic heterocycles. The van der Waals surface area contributed by atoms with E-state index in [2.05, 4.69) is 4.98 Å². The molecule has 3 aromatic rings. The van der Waals surface area contributed by atoms with E-state index in [-0.39, 0.29) is 29.8 Å². The summed E-state index contributed by atoms with van der Waals surface area (Å²) in [6, 6.07) is 5.59. The molecule has 3 heterocycles. The molecule has 0 fully saturated rings. The number of likely N-dealkylation sites (N-methyl/N-ethyl adjacent to an activating group) is 1. The van der Waals surface area contributed by atoms with E-state index in [4.69, 9.17) is 13.6 Å². The maximum Gasteiger partial charge on any atom is 0.347 e. The first-order chi connectivity index (χ1) is 16.8. The molecule has 1 atom stereocenters. The molecule has 0 spiro atoms. The van der Waals surface area contributed by atoms with Crippen LogP contribution >= 0.6 is 0 Å². The van der Waals surface area contributed by atoms with Gasteiger partial charge in [0.25, 0.3) is 11.5 Å². The van der Waals surface area contributed by atoms with Crippen LogP contribution in [0.1, 0.15) is 39.4 Å². The maximum absolute atomic E-state index is 13.4. The van der Waals surface area contributed by atoms with Crippen LogP contribution in [-0.4, -0.2) is 45.7 Å². The van der Waals surface area contributed by atoms with Gasteiger partial charge >= 0.3 is 5.97 Å². The van der Waals surface area contributed by atoms with Crippen LogP contribution in [0.15, 0.2) is 35.3 Å². The standard InChI is InChI=1S/C23H22FN3O6/c1-4-32-21(30)15-18(28)16-17-19(13(10-26-16)9-12-5-7-14(24)8-6-12)33-23(2,22(31)25-3)11-27(17)20(15)29/h5-8,10,28H,4,9,11H2,1-3H3,(H,25,31)/t23-/m1/s1/i3D3. The molecule has 2 N–H and O–H groups in total. The predicted octanol–water partition coefficient (Wildman–Crippen LogP) is 1.91. The van der Waals surface area contributed by atoms with Crippen molar-refractivity contribution in [2.24, 2.45) is 0 Å². The Labute approximate surface area is 192 Å². The summed E-state index contributed by atoms with van der Waals surface area (Å²) in [6.45, 7) is -0.545. The van der Waals surface area contributed by atoms with E-state index in [1.807, 2.05) is 5.32 Å². The largest absolute Gasteiger partial charge is 0.505 e. The van der Waals surface area contributed by atoms with Crippen molar-refractivity contribution in [3.05, 3.63) is 63.3 Å². The van der Waals surface area contributed by atoms with E-state index in [0.717, 1.165) is 4.57 Å². The number of carbonyl (C=O) groups excluding carboxylic acids is 2. The van der Waals surface area contributed by atoms with Gasteiger partial charge in [-0.25, -0.2) is 9.18 Å². The summed E-state index contributed by atoms with van der Waals surface area (Å²) in [5.74, 6) is -3.26. The van der Waals surface area contributed by atoms with Crippen molar-refractivity contribution in [2.75, 3.05) is 13.6 Å². The molecule has 10 heteroatoms. The van der Waals surface area contributed by atoms with Gasteiger partial charge in [-0.2, -0.15) is 0 Å². The fraction of sp³-hybridized carbons (Fsp3) is 0.304. The van der Waals surface area contributed by atoms with Crippen molar-refractivity contribution in [2.45, 2.75) is 32.4 Å². The Hall–Kier alpha value is -3.95. The minimum Gasteiger partial charge on any atom is -0.505 e. The molecule has 4 rings (SSSR count). The molecule has 1 aromatic carbocycles. The number of pyridine rings is 2. The predicted molar refractivity (Wildman–Crippen MR) is 116 cm³/mol. The molecule has 0 saturated heterocycles. The molecule has 0 radical (unpaired) electrons. The molecule has 0 saturated carbocycles. The second-order valence-corrected chi connectivity index (χ2v) is 7.74. The lowest BCUT2D eigenvalue weighted by atomic mass is 9.99. The number of carbonyl (C=O) groups is 2. The smallest absolute Gasteiger partial charge is 0.347 e.